The van der Waals surface area contributed by atoms with Gasteiger partial charge in [0, 0.05) is 35.7 Å². The van der Waals surface area contributed by atoms with Crippen LogP contribution in [-0.2, 0) is 13.0 Å². The van der Waals surface area contributed by atoms with Crippen LogP contribution < -0.4 is 0 Å². The fourth-order valence-corrected chi connectivity index (χ4v) is 5.13. The van der Waals surface area contributed by atoms with Crippen LogP contribution in [0.5, 0.6) is 0 Å². The molecule has 3 aromatic rings. The van der Waals surface area contributed by atoms with Crippen molar-refractivity contribution in [2.45, 2.75) is 51.7 Å². The number of nitrogens with zero attached hydrogens (tertiary/aromatic N) is 2. The van der Waals surface area contributed by atoms with E-state index in [1.807, 2.05) is 0 Å². The van der Waals surface area contributed by atoms with Crippen LogP contribution in [0, 0.1) is 6.92 Å². The molecule has 0 saturated carbocycles. The summed E-state index contributed by atoms with van der Waals surface area (Å²) in [6.07, 6.45) is 3.84. The zero-order valence-corrected chi connectivity index (χ0v) is 15.2. The van der Waals surface area contributed by atoms with Gasteiger partial charge in [0.05, 0.1) is 6.04 Å². The fraction of sp³-hybridized carbons (Fsp3) is 0.391. The molecule has 0 unspecified atom stereocenters. The van der Waals surface area contributed by atoms with Crippen molar-refractivity contribution in [2.24, 2.45) is 0 Å². The van der Waals surface area contributed by atoms with Crippen molar-refractivity contribution in [3.05, 3.63) is 70.9 Å². The highest BCUT2D eigenvalue weighted by molar-refractivity contribution is 5.87. The smallest absolute Gasteiger partial charge is 0.0510 e. The highest BCUT2D eigenvalue weighted by atomic mass is 15.3. The molecule has 2 aliphatic rings. The minimum Gasteiger partial charge on any atom is -0.342 e. The Morgan fingerprint density at radius 3 is 2.72 bits per heavy atom. The van der Waals surface area contributed by atoms with Gasteiger partial charge in [-0.3, -0.25) is 4.90 Å². The van der Waals surface area contributed by atoms with Gasteiger partial charge < -0.3 is 4.57 Å². The fourth-order valence-electron chi connectivity index (χ4n) is 5.13. The maximum atomic E-state index is 2.75. The number of aryl methyl sites for hydroxylation is 2. The molecule has 25 heavy (non-hydrogen) atoms. The van der Waals surface area contributed by atoms with Crippen molar-refractivity contribution in [1.82, 2.24) is 9.47 Å². The molecule has 5 rings (SSSR count). The predicted octanol–water partition coefficient (Wildman–Crippen LogP) is 5.40. The van der Waals surface area contributed by atoms with E-state index in [9.17, 15) is 0 Å². The molecule has 0 amide bonds. The summed E-state index contributed by atoms with van der Waals surface area (Å²) in [5.41, 5.74) is 7.51. The van der Waals surface area contributed by atoms with Crippen molar-refractivity contribution < 1.29 is 0 Å². The SMILES string of the molecule is Cc1ccc2c(c1)c1c3n2CCN([C@H](C)c2ccccc2)[C@H]3CCC1. The average molecular weight is 330 g/mol. The molecule has 2 heteroatoms. The maximum Gasteiger partial charge on any atom is 0.0510 e. The second kappa shape index (κ2) is 5.74. The minimum absolute atomic E-state index is 0.477. The molecule has 1 aromatic heterocycles. The maximum absolute atomic E-state index is 2.75. The molecule has 0 fully saturated rings. The van der Waals surface area contributed by atoms with Crippen molar-refractivity contribution in [3.63, 3.8) is 0 Å². The Kier molecular flexibility index (Phi) is 3.49. The van der Waals surface area contributed by atoms with E-state index in [1.54, 1.807) is 11.3 Å². The zero-order chi connectivity index (χ0) is 17.0. The van der Waals surface area contributed by atoms with Gasteiger partial charge in [-0.05, 0) is 56.4 Å². The van der Waals surface area contributed by atoms with Gasteiger partial charge in [-0.2, -0.15) is 0 Å². The Morgan fingerprint density at radius 2 is 1.88 bits per heavy atom. The van der Waals surface area contributed by atoms with Gasteiger partial charge in [-0.25, -0.2) is 0 Å². The van der Waals surface area contributed by atoms with Gasteiger partial charge in [0.25, 0.3) is 0 Å². The molecule has 0 radical (unpaired) electrons. The number of hydrogen-bond donors (Lipinski definition) is 0. The first-order valence-electron chi connectivity index (χ1n) is 9.66. The Bertz CT molecular complexity index is 922. The van der Waals surface area contributed by atoms with Crippen LogP contribution >= 0.6 is 0 Å². The summed E-state index contributed by atoms with van der Waals surface area (Å²) in [5.74, 6) is 0. The highest BCUT2D eigenvalue weighted by Crippen LogP contribution is 2.45. The average Bonchev–Trinajstić information content (AvgIpc) is 2.97. The van der Waals surface area contributed by atoms with E-state index < -0.39 is 0 Å². The van der Waals surface area contributed by atoms with Crippen LogP contribution in [-0.4, -0.2) is 16.0 Å². The molecule has 2 aromatic carbocycles. The third-order valence-corrected chi connectivity index (χ3v) is 6.35. The summed E-state index contributed by atoms with van der Waals surface area (Å²) in [7, 11) is 0. The summed E-state index contributed by atoms with van der Waals surface area (Å²) in [6.45, 7) is 6.85. The standard InChI is InChI=1S/C23H26N2/c1-16-11-12-21-20(15-16)19-9-6-10-22-23(19)25(21)14-13-24(22)17(2)18-7-4-3-5-8-18/h3-5,7-8,11-12,15,17,22H,6,9-10,13-14H2,1-2H3/t17-,22+/m1/s1. The van der Waals surface area contributed by atoms with E-state index in [1.165, 1.54) is 41.3 Å². The summed E-state index contributed by atoms with van der Waals surface area (Å²) >= 11 is 0. The molecule has 2 heterocycles. The van der Waals surface area contributed by atoms with Gasteiger partial charge >= 0.3 is 0 Å². The van der Waals surface area contributed by atoms with Crippen LogP contribution in [0.15, 0.2) is 48.5 Å². The molecule has 2 nitrogen and oxygen atoms in total. The Morgan fingerprint density at radius 1 is 1.04 bits per heavy atom. The summed E-state index contributed by atoms with van der Waals surface area (Å²) in [5, 5.41) is 1.51. The van der Waals surface area contributed by atoms with Crippen molar-refractivity contribution in [2.75, 3.05) is 6.54 Å². The first-order valence-corrected chi connectivity index (χ1v) is 9.66. The van der Waals surface area contributed by atoms with Gasteiger partial charge in [0.15, 0.2) is 0 Å². The molecule has 2 atom stereocenters. The molecular weight excluding hydrogens is 304 g/mol. The first kappa shape index (κ1) is 15.2. The van der Waals surface area contributed by atoms with Crippen molar-refractivity contribution in [3.8, 4) is 0 Å². The number of fused-ring (bicyclic) bond motifs is 3. The van der Waals surface area contributed by atoms with E-state index in [4.69, 9.17) is 0 Å². The normalized spacial score (nSPS) is 21.3. The third-order valence-electron chi connectivity index (χ3n) is 6.35. The van der Waals surface area contributed by atoms with Gasteiger partial charge in [0.2, 0.25) is 0 Å². The van der Waals surface area contributed by atoms with Gasteiger partial charge in [-0.1, -0.05) is 42.0 Å². The molecule has 1 aliphatic carbocycles. The highest BCUT2D eigenvalue weighted by Gasteiger charge is 2.36. The Balaban J connectivity index is 1.63. The minimum atomic E-state index is 0.477. The first-order chi connectivity index (χ1) is 12.2. The largest absolute Gasteiger partial charge is 0.342 e. The van der Waals surface area contributed by atoms with Crippen LogP contribution in [0.3, 0.4) is 0 Å². The van der Waals surface area contributed by atoms with Gasteiger partial charge in [-0.15, -0.1) is 0 Å². The van der Waals surface area contributed by atoms with Crippen molar-refractivity contribution in [1.29, 1.82) is 0 Å². The lowest BCUT2D eigenvalue weighted by Crippen LogP contribution is -2.41. The Labute approximate surface area is 150 Å². The van der Waals surface area contributed by atoms with E-state index in [2.05, 4.69) is 71.8 Å². The summed E-state index contributed by atoms with van der Waals surface area (Å²) in [6, 6.07) is 19.1. The quantitative estimate of drug-likeness (QED) is 0.610. The number of rotatable bonds is 2. The lowest BCUT2D eigenvalue weighted by molar-refractivity contribution is 0.0973. The molecular formula is C23H26N2. The lowest BCUT2D eigenvalue weighted by atomic mass is 9.88. The van der Waals surface area contributed by atoms with E-state index in [0.717, 1.165) is 13.1 Å². The molecule has 0 saturated heterocycles. The number of aromatic nitrogens is 1. The molecule has 128 valence electrons. The van der Waals surface area contributed by atoms with Crippen molar-refractivity contribution >= 4 is 10.9 Å². The molecule has 0 spiro atoms. The van der Waals surface area contributed by atoms with Crippen LogP contribution in [0.4, 0.5) is 0 Å². The van der Waals surface area contributed by atoms with Crippen LogP contribution in [0.25, 0.3) is 10.9 Å². The summed E-state index contributed by atoms with van der Waals surface area (Å²) < 4.78 is 2.63. The third kappa shape index (κ3) is 2.27. The van der Waals surface area contributed by atoms with E-state index in [0.29, 0.717) is 12.1 Å². The predicted molar refractivity (Wildman–Crippen MR) is 104 cm³/mol. The molecule has 1 aliphatic heterocycles. The number of hydrogen-bond acceptors (Lipinski definition) is 1. The second-order valence-corrected chi connectivity index (χ2v) is 7.77. The van der Waals surface area contributed by atoms with Crippen LogP contribution in [0.1, 0.15) is 54.2 Å². The zero-order valence-electron chi connectivity index (χ0n) is 15.2. The van der Waals surface area contributed by atoms with E-state index >= 15 is 0 Å². The van der Waals surface area contributed by atoms with Gasteiger partial charge in [0.1, 0.15) is 0 Å². The molecule has 0 N–H and O–H groups in total. The monoisotopic (exact) mass is 330 g/mol. The topological polar surface area (TPSA) is 8.17 Å². The summed E-state index contributed by atoms with van der Waals surface area (Å²) in [4.78, 5) is 2.75. The Hall–Kier alpha value is -2.06. The van der Waals surface area contributed by atoms with Crippen LogP contribution in [0.2, 0.25) is 0 Å². The lowest BCUT2D eigenvalue weighted by Gasteiger charge is -2.43. The number of benzene rings is 2. The second-order valence-electron chi connectivity index (χ2n) is 7.77. The van der Waals surface area contributed by atoms with E-state index in [-0.39, 0.29) is 0 Å². The molecule has 0 bridgehead atoms.